The summed E-state index contributed by atoms with van der Waals surface area (Å²) in [5, 5.41) is 4.60. The molecular formula is C13H25NOS. The van der Waals surface area contributed by atoms with Crippen molar-refractivity contribution in [2.45, 2.75) is 50.3 Å². The van der Waals surface area contributed by atoms with Crippen LogP contribution in [0.3, 0.4) is 0 Å². The molecule has 0 aromatic rings. The Morgan fingerprint density at radius 2 is 2.06 bits per heavy atom. The Hall–Kier alpha value is 0.270. The molecule has 2 rings (SSSR count). The zero-order valence-corrected chi connectivity index (χ0v) is 11.2. The summed E-state index contributed by atoms with van der Waals surface area (Å²) >= 11 is 2.20. The first-order chi connectivity index (χ1) is 7.92. The average molecular weight is 243 g/mol. The van der Waals surface area contributed by atoms with E-state index in [2.05, 4.69) is 24.0 Å². The maximum atomic E-state index is 5.48. The fraction of sp³-hybridized carbons (Fsp3) is 1.00. The van der Waals surface area contributed by atoms with E-state index in [-0.39, 0.29) is 0 Å². The molecule has 2 aliphatic heterocycles. The smallest absolute Gasteiger partial charge is 0.0469 e. The molecule has 94 valence electrons. The monoisotopic (exact) mass is 243 g/mol. The minimum absolute atomic E-state index is 0.735. The van der Waals surface area contributed by atoms with Crippen molar-refractivity contribution in [1.29, 1.82) is 0 Å². The largest absolute Gasteiger partial charge is 0.381 e. The van der Waals surface area contributed by atoms with Gasteiger partial charge in [0.25, 0.3) is 0 Å². The lowest BCUT2D eigenvalue weighted by Crippen LogP contribution is -2.46. The highest BCUT2D eigenvalue weighted by Gasteiger charge is 2.31. The normalized spacial score (nSPS) is 30.2. The zero-order chi connectivity index (χ0) is 11.2. The molecular weight excluding hydrogens is 218 g/mol. The maximum Gasteiger partial charge on any atom is 0.0469 e. The summed E-state index contributed by atoms with van der Waals surface area (Å²) in [5.74, 6) is 2.22. The van der Waals surface area contributed by atoms with Gasteiger partial charge in [-0.3, -0.25) is 0 Å². The Kier molecular flexibility index (Phi) is 5.46. The number of hydrogen-bond acceptors (Lipinski definition) is 3. The molecule has 0 aliphatic carbocycles. The van der Waals surface area contributed by atoms with Crippen molar-refractivity contribution in [3.63, 3.8) is 0 Å². The summed E-state index contributed by atoms with van der Waals surface area (Å²) in [6.07, 6.45) is 6.79. The zero-order valence-electron chi connectivity index (χ0n) is 10.4. The van der Waals surface area contributed by atoms with Crippen LogP contribution in [0.4, 0.5) is 0 Å². The van der Waals surface area contributed by atoms with Gasteiger partial charge in [-0.2, -0.15) is 11.8 Å². The molecule has 2 unspecified atom stereocenters. The van der Waals surface area contributed by atoms with Crippen molar-refractivity contribution in [1.82, 2.24) is 5.32 Å². The average Bonchev–Trinajstić information content (AvgIpc) is 2.38. The Bertz CT molecular complexity index is 170. The quantitative estimate of drug-likeness (QED) is 0.820. The van der Waals surface area contributed by atoms with Crippen LogP contribution in [0.5, 0.6) is 0 Å². The first kappa shape index (κ1) is 12.7. The van der Waals surface area contributed by atoms with E-state index in [9.17, 15) is 0 Å². The second kappa shape index (κ2) is 6.87. The first-order valence-electron chi connectivity index (χ1n) is 6.84. The summed E-state index contributed by atoms with van der Waals surface area (Å²) in [6.45, 7) is 5.30. The molecule has 0 spiro atoms. The molecule has 2 heterocycles. The minimum atomic E-state index is 0.735. The van der Waals surface area contributed by atoms with Crippen LogP contribution in [-0.4, -0.2) is 36.8 Å². The van der Waals surface area contributed by atoms with Gasteiger partial charge in [0, 0.05) is 24.5 Å². The van der Waals surface area contributed by atoms with E-state index in [1.165, 1.54) is 37.9 Å². The molecule has 1 N–H and O–H groups in total. The maximum absolute atomic E-state index is 5.48. The summed E-state index contributed by atoms with van der Waals surface area (Å²) in [7, 11) is 0. The van der Waals surface area contributed by atoms with Gasteiger partial charge in [0.05, 0.1) is 0 Å². The van der Waals surface area contributed by atoms with Crippen LogP contribution in [0, 0.1) is 5.92 Å². The van der Waals surface area contributed by atoms with Gasteiger partial charge in [-0.25, -0.2) is 0 Å². The lowest BCUT2D eigenvalue weighted by atomic mass is 9.88. The summed E-state index contributed by atoms with van der Waals surface area (Å²) in [6, 6.07) is 0.735. The van der Waals surface area contributed by atoms with Gasteiger partial charge in [0.15, 0.2) is 0 Å². The SMILES string of the molecule is CCNC(C1CCOCC1)C1CCCCS1. The molecule has 2 nitrogen and oxygen atoms in total. The van der Waals surface area contributed by atoms with Crippen LogP contribution in [0.15, 0.2) is 0 Å². The summed E-state index contributed by atoms with van der Waals surface area (Å²) in [5.41, 5.74) is 0. The number of hydrogen-bond donors (Lipinski definition) is 1. The summed E-state index contributed by atoms with van der Waals surface area (Å²) in [4.78, 5) is 0. The molecule has 2 saturated heterocycles. The molecule has 0 aromatic heterocycles. The van der Waals surface area contributed by atoms with Crippen LogP contribution in [0.1, 0.15) is 39.0 Å². The van der Waals surface area contributed by atoms with Gasteiger partial charge in [0.1, 0.15) is 0 Å². The topological polar surface area (TPSA) is 21.3 Å². The van der Waals surface area contributed by atoms with Gasteiger partial charge >= 0.3 is 0 Å². The molecule has 0 radical (unpaired) electrons. The third-order valence-corrected chi connectivity index (χ3v) is 5.31. The highest BCUT2D eigenvalue weighted by atomic mass is 32.2. The van der Waals surface area contributed by atoms with E-state index in [1.807, 2.05) is 0 Å². The highest BCUT2D eigenvalue weighted by Crippen LogP contribution is 2.33. The van der Waals surface area contributed by atoms with Gasteiger partial charge in [-0.15, -0.1) is 0 Å². The Labute approximate surface area is 104 Å². The molecule has 2 aliphatic rings. The molecule has 3 heteroatoms. The van der Waals surface area contributed by atoms with E-state index < -0.39 is 0 Å². The van der Waals surface area contributed by atoms with Crippen LogP contribution >= 0.6 is 11.8 Å². The lowest BCUT2D eigenvalue weighted by Gasteiger charge is -2.37. The molecule has 0 bridgehead atoms. The van der Waals surface area contributed by atoms with Crippen LogP contribution in [-0.2, 0) is 4.74 Å². The van der Waals surface area contributed by atoms with Gasteiger partial charge < -0.3 is 10.1 Å². The van der Waals surface area contributed by atoms with Gasteiger partial charge in [-0.05, 0) is 43.9 Å². The fourth-order valence-corrected chi connectivity index (χ4v) is 4.49. The Morgan fingerprint density at radius 1 is 1.25 bits per heavy atom. The van der Waals surface area contributed by atoms with Crippen molar-refractivity contribution in [3.05, 3.63) is 0 Å². The molecule has 0 saturated carbocycles. The molecule has 0 amide bonds. The molecule has 2 atom stereocenters. The third kappa shape index (κ3) is 3.38. The van der Waals surface area contributed by atoms with Gasteiger partial charge in [0.2, 0.25) is 0 Å². The molecule has 2 fully saturated rings. The number of thioether (sulfide) groups is 1. The van der Waals surface area contributed by atoms with Crippen molar-refractivity contribution in [2.75, 3.05) is 25.5 Å². The van der Waals surface area contributed by atoms with Crippen molar-refractivity contribution < 1.29 is 4.74 Å². The predicted octanol–water partition coefficient (Wildman–Crippen LogP) is 2.68. The Balaban J connectivity index is 1.91. The summed E-state index contributed by atoms with van der Waals surface area (Å²) < 4.78 is 5.48. The third-order valence-electron chi connectivity index (χ3n) is 3.83. The molecule has 16 heavy (non-hydrogen) atoms. The van der Waals surface area contributed by atoms with Gasteiger partial charge in [-0.1, -0.05) is 13.3 Å². The number of rotatable bonds is 4. The second-order valence-corrected chi connectivity index (χ2v) is 6.29. The molecule has 0 aromatic carbocycles. The van der Waals surface area contributed by atoms with E-state index in [4.69, 9.17) is 4.74 Å². The minimum Gasteiger partial charge on any atom is -0.381 e. The van der Waals surface area contributed by atoms with E-state index in [0.717, 1.165) is 37.0 Å². The van der Waals surface area contributed by atoms with Crippen molar-refractivity contribution in [2.24, 2.45) is 5.92 Å². The first-order valence-corrected chi connectivity index (χ1v) is 7.89. The van der Waals surface area contributed by atoms with E-state index in [1.54, 1.807) is 0 Å². The van der Waals surface area contributed by atoms with Crippen molar-refractivity contribution >= 4 is 11.8 Å². The van der Waals surface area contributed by atoms with E-state index in [0.29, 0.717) is 0 Å². The number of ether oxygens (including phenoxy) is 1. The van der Waals surface area contributed by atoms with Crippen LogP contribution in [0.2, 0.25) is 0 Å². The lowest BCUT2D eigenvalue weighted by molar-refractivity contribution is 0.0532. The van der Waals surface area contributed by atoms with Crippen molar-refractivity contribution in [3.8, 4) is 0 Å². The van der Waals surface area contributed by atoms with Crippen LogP contribution < -0.4 is 5.32 Å². The van der Waals surface area contributed by atoms with Crippen LogP contribution in [0.25, 0.3) is 0 Å². The fourth-order valence-electron chi connectivity index (χ4n) is 2.96. The second-order valence-electron chi connectivity index (χ2n) is 4.94. The van der Waals surface area contributed by atoms with E-state index >= 15 is 0 Å². The predicted molar refractivity (Wildman–Crippen MR) is 71.1 cm³/mol. The Morgan fingerprint density at radius 3 is 2.69 bits per heavy atom. The standard InChI is InChI=1S/C13H25NOS/c1-2-14-13(11-6-8-15-9-7-11)12-5-3-4-10-16-12/h11-14H,2-10H2,1H3. The number of nitrogens with one attached hydrogen (secondary N) is 1. The highest BCUT2D eigenvalue weighted by molar-refractivity contribution is 8.00.